The standard InChI is InChI=1S/C19H31NO/c1-19(2,3)17-13-16(14-8-5-4-6-9-14)12-15(18(17)21)10-7-11-20/h12-14,21H,4-11,20H2,1-3H3. The van der Waals surface area contributed by atoms with Crippen molar-refractivity contribution in [3.05, 3.63) is 28.8 Å². The molecule has 0 unspecified atom stereocenters. The molecule has 0 spiro atoms. The highest BCUT2D eigenvalue weighted by molar-refractivity contribution is 5.48. The first-order valence-corrected chi connectivity index (χ1v) is 8.50. The van der Waals surface area contributed by atoms with Gasteiger partial charge in [0.15, 0.2) is 0 Å². The molecule has 1 aromatic rings. The highest BCUT2D eigenvalue weighted by Gasteiger charge is 2.24. The van der Waals surface area contributed by atoms with Crippen LogP contribution in [0.1, 0.15) is 81.9 Å². The van der Waals surface area contributed by atoms with E-state index in [4.69, 9.17) is 5.73 Å². The van der Waals surface area contributed by atoms with Gasteiger partial charge in [0, 0.05) is 0 Å². The van der Waals surface area contributed by atoms with Crippen LogP contribution >= 0.6 is 0 Å². The Balaban J connectivity index is 2.39. The van der Waals surface area contributed by atoms with Crippen molar-refractivity contribution in [2.45, 2.75) is 77.0 Å². The van der Waals surface area contributed by atoms with Crippen LogP contribution in [0, 0.1) is 0 Å². The van der Waals surface area contributed by atoms with Gasteiger partial charge in [0.05, 0.1) is 0 Å². The smallest absolute Gasteiger partial charge is 0.122 e. The van der Waals surface area contributed by atoms with Crippen LogP contribution < -0.4 is 5.73 Å². The SMILES string of the molecule is CC(C)(C)c1cc(C2CCCCC2)cc(CCCN)c1O. The van der Waals surface area contributed by atoms with Crippen LogP contribution in [0.5, 0.6) is 5.75 Å². The van der Waals surface area contributed by atoms with E-state index in [0.29, 0.717) is 18.2 Å². The topological polar surface area (TPSA) is 46.2 Å². The number of phenols is 1. The summed E-state index contributed by atoms with van der Waals surface area (Å²) < 4.78 is 0. The maximum Gasteiger partial charge on any atom is 0.122 e. The Hall–Kier alpha value is -1.02. The van der Waals surface area contributed by atoms with Crippen molar-refractivity contribution in [3.8, 4) is 5.75 Å². The lowest BCUT2D eigenvalue weighted by Gasteiger charge is -2.27. The van der Waals surface area contributed by atoms with Gasteiger partial charge in [-0.3, -0.25) is 0 Å². The van der Waals surface area contributed by atoms with E-state index in [-0.39, 0.29) is 5.41 Å². The Bertz CT molecular complexity index is 467. The number of nitrogens with two attached hydrogens (primary N) is 1. The molecule has 0 heterocycles. The zero-order valence-corrected chi connectivity index (χ0v) is 13.9. The molecule has 1 aliphatic rings. The molecule has 0 aliphatic heterocycles. The Morgan fingerprint density at radius 3 is 2.38 bits per heavy atom. The fourth-order valence-electron chi connectivity index (χ4n) is 3.45. The van der Waals surface area contributed by atoms with Crippen molar-refractivity contribution < 1.29 is 5.11 Å². The molecule has 1 saturated carbocycles. The molecule has 2 heteroatoms. The van der Waals surface area contributed by atoms with Crippen LogP contribution in [0.3, 0.4) is 0 Å². The molecule has 0 bridgehead atoms. The van der Waals surface area contributed by atoms with E-state index < -0.39 is 0 Å². The van der Waals surface area contributed by atoms with Gasteiger partial charge in [-0.15, -0.1) is 0 Å². The van der Waals surface area contributed by atoms with Gasteiger partial charge in [0.2, 0.25) is 0 Å². The summed E-state index contributed by atoms with van der Waals surface area (Å²) in [4.78, 5) is 0. The second-order valence-electron chi connectivity index (χ2n) is 7.55. The highest BCUT2D eigenvalue weighted by Crippen LogP contribution is 2.40. The Morgan fingerprint density at radius 2 is 1.81 bits per heavy atom. The number of phenolic OH excluding ortho intramolecular Hbond substituents is 1. The summed E-state index contributed by atoms with van der Waals surface area (Å²) in [5, 5.41) is 10.6. The van der Waals surface area contributed by atoms with Gasteiger partial charge in [-0.2, -0.15) is 0 Å². The van der Waals surface area contributed by atoms with Gasteiger partial charge in [0.25, 0.3) is 0 Å². The number of aryl methyl sites for hydroxylation is 1. The van der Waals surface area contributed by atoms with Crippen LogP contribution in [-0.4, -0.2) is 11.7 Å². The number of benzene rings is 1. The number of hydrogen-bond donors (Lipinski definition) is 2. The summed E-state index contributed by atoms with van der Waals surface area (Å²) in [5.74, 6) is 1.17. The molecule has 3 N–H and O–H groups in total. The normalized spacial score (nSPS) is 17.1. The van der Waals surface area contributed by atoms with Gasteiger partial charge in [-0.05, 0) is 60.3 Å². The van der Waals surface area contributed by atoms with Gasteiger partial charge in [-0.25, -0.2) is 0 Å². The third-order valence-corrected chi connectivity index (χ3v) is 4.75. The molecule has 2 rings (SSSR count). The maximum atomic E-state index is 10.6. The number of hydrogen-bond acceptors (Lipinski definition) is 2. The molecule has 1 fully saturated rings. The first-order chi connectivity index (χ1) is 9.93. The van der Waals surface area contributed by atoms with E-state index in [1.54, 1.807) is 0 Å². The van der Waals surface area contributed by atoms with Crippen LogP contribution in [0.2, 0.25) is 0 Å². The lowest BCUT2D eigenvalue weighted by atomic mass is 9.78. The first kappa shape index (κ1) is 16.4. The summed E-state index contributed by atoms with van der Waals surface area (Å²) >= 11 is 0. The van der Waals surface area contributed by atoms with E-state index in [1.165, 1.54) is 37.7 Å². The first-order valence-electron chi connectivity index (χ1n) is 8.50. The molecule has 21 heavy (non-hydrogen) atoms. The molecule has 1 aromatic carbocycles. The average molecular weight is 289 g/mol. The summed E-state index contributed by atoms with van der Waals surface area (Å²) in [5.41, 5.74) is 9.25. The molecule has 0 atom stereocenters. The van der Waals surface area contributed by atoms with Crippen molar-refractivity contribution in [3.63, 3.8) is 0 Å². The van der Waals surface area contributed by atoms with Crippen molar-refractivity contribution in [1.82, 2.24) is 0 Å². The van der Waals surface area contributed by atoms with Crippen molar-refractivity contribution in [1.29, 1.82) is 0 Å². The molecule has 0 amide bonds. The quantitative estimate of drug-likeness (QED) is 0.849. The fourth-order valence-corrected chi connectivity index (χ4v) is 3.45. The van der Waals surface area contributed by atoms with Crippen molar-refractivity contribution >= 4 is 0 Å². The lowest BCUT2D eigenvalue weighted by Crippen LogP contribution is -2.15. The predicted octanol–water partition coefficient (Wildman–Crippen LogP) is 4.63. The fraction of sp³-hybridized carbons (Fsp3) is 0.684. The summed E-state index contributed by atoms with van der Waals surface area (Å²) in [6, 6.07) is 4.51. The molecular weight excluding hydrogens is 258 g/mol. The maximum absolute atomic E-state index is 10.6. The minimum Gasteiger partial charge on any atom is -0.507 e. The molecule has 118 valence electrons. The van der Waals surface area contributed by atoms with E-state index in [9.17, 15) is 5.11 Å². The van der Waals surface area contributed by atoms with Crippen molar-refractivity contribution in [2.75, 3.05) is 6.54 Å². The molecule has 0 radical (unpaired) electrons. The second kappa shape index (κ2) is 6.83. The number of rotatable bonds is 4. The minimum atomic E-state index is -0.0216. The summed E-state index contributed by atoms with van der Waals surface area (Å²) in [6.45, 7) is 7.22. The van der Waals surface area contributed by atoms with Crippen LogP contribution in [0.4, 0.5) is 0 Å². The van der Waals surface area contributed by atoms with Gasteiger partial charge < -0.3 is 10.8 Å². The Morgan fingerprint density at radius 1 is 1.14 bits per heavy atom. The van der Waals surface area contributed by atoms with Crippen LogP contribution in [0.25, 0.3) is 0 Å². The van der Waals surface area contributed by atoms with E-state index in [2.05, 4.69) is 32.9 Å². The monoisotopic (exact) mass is 289 g/mol. The van der Waals surface area contributed by atoms with E-state index >= 15 is 0 Å². The minimum absolute atomic E-state index is 0.0216. The molecule has 0 saturated heterocycles. The van der Waals surface area contributed by atoms with Crippen LogP contribution in [0.15, 0.2) is 12.1 Å². The molecular formula is C19H31NO. The zero-order chi connectivity index (χ0) is 15.5. The van der Waals surface area contributed by atoms with Crippen LogP contribution in [-0.2, 0) is 11.8 Å². The highest BCUT2D eigenvalue weighted by atomic mass is 16.3. The summed E-state index contributed by atoms with van der Waals surface area (Å²) in [6.07, 6.45) is 8.47. The average Bonchev–Trinajstić information content (AvgIpc) is 2.46. The van der Waals surface area contributed by atoms with Crippen molar-refractivity contribution in [2.24, 2.45) is 5.73 Å². The largest absolute Gasteiger partial charge is 0.507 e. The third kappa shape index (κ3) is 4.00. The predicted molar refractivity (Wildman–Crippen MR) is 90.0 cm³/mol. The summed E-state index contributed by atoms with van der Waals surface area (Å²) in [7, 11) is 0. The Labute approximate surface area is 129 Å². The zero-order valence-electron chi connectivity index (χ0n) is 13.9. The van der Waals surface area contributed by atoms with Gasteiger partial charge in [0.1, 0.15) is 5.75 Å². The second-order valence-corrected chi connectivity index (χ2v) is 7.55. The third-order valence-electron chi connectivity index (χ3n) is 4.75. The number of aromatic hydroxyl groups is 1. The molecule has 0 aromatic heterocycles. The van der Waals surface area contributed by atoms with E-state index in [0.717, 1.165) is 24.0 Å². The van der Waals surface area contributed by atoms with Gasteiger partial charge >= 0.3 is 0 Å². The van der Waals surface area contributed by atoms with Gasteiger partial charge in [-0.1, -0.05) is 52.2 Å². The molecule has 2 nitrogen and oxygen atoms in total. The van der Waals surface area contributed by atoms with E-state index in [1.807, 2.05) is 0 Å². The molecule has 1 aliphatic carbocycles. The Kier molecular flexibility index (Phi) is 5.32. The lowest BCUT2D eigenvalue weighted by molar-refractivity contribution is 0.428.